The predicted molar refractivity (Wildman–Crippen MR) is 130 cm³/mol. The Balaban J connectivity index is 1.76. The molecular formula is C28H23NO6. The summed E-state index contributed by atoms with van der Waals surface area (Å²) in [6, 6.07) is 25.2. The molecule has 0 radical (unpaired) electrons. The van der Waals surface area contributed by atoms with Gasteiger partial charge in [0.2, 0.25) is 0 Å². The predicted octanol–water partition coefficient (Wildman–Crippen LogP) is 3.82. The first-order valence-corrected chi connectivity index (χ1v) is 10.9. The van der Waals surface area contributed by atoms with Crippen molar-refractivity contribution in [3.63, 3.8) is 0 Å². The van der Waals surface area contributed by atoms with E-state index in [-0.39, 0.29) is 23.3 Å². The molecule has 0 spiro atoms. The molecule has 7 nitrogen and oxygen atoms in total. The highest BCUT2D eigenvalue weighted by atomic mass is 16.6. The summed E-state index contributed by atoms with van der Waals surface area (Å²) in [5.74, 6) is -2.84. The Bertz CT molecular complexity index is 1300. The summed E-state index contributed by atoms with van der Waals surface area (Å²) >= 11 is 0. The summed E-state index contributed by atoms with van der Waals surface area (Å²) in [5.41, 5.74) is 1.55. The first-order chi connectivity index (χ1) is 17.0. The first-order valence-electron chi connectivity index (χ1n) is 10.9. The third-order valence-electron chi connectivity index (χ3n) is 5.50. The summed E-state index contributed by atoms with van der Waals surface area (Å²) in [6.45, 7) is 0. The van der Waals surface area contributed by atoms with E-state index >= 15 is 0 Å². The molecule has 3 aromatic carbocycles. The van der Waals surface area contributed by atoms with Crippen molar-refractivity contribution in [3.8, 4) is 0 Å². The number of benzene rings is 3. The number of methoxy groups -OCH3 is 1. The number of carbonyl (C=O) groups excluding carboxylic acids is 3. The molecule has 0 aromatic heterocycles. The molecule has 35 heavy (non-hydrogen) atoms. The van der Waals surface area contributed by atoms with E-state index in [0.717, 1.165) is 5.56 Å². The third kappa shape index (κ3) is 5.14. The van der Waals surface area contributed by atoms with Crippen LogP contribution in [-0.2, 0) is 30.3 Å². The zero-order chi connectivity index (χ0) is 24.8. The summed E-state index contributed by atoms with van der Waals surface area (Å²) in [5, 5.41) is 13.7. The molecule has 1 atom stereocenters. The number of carbonyl (C=O) groups is 3. The van der Waals surface area contributed by atoms with Gasteiger partial charge in [-0.25, -0.2) is 9.59 Å². The average Bonchev–Trinajstić information content (AvgIpc) is 3.18. The fraction of sp³-hybridized carbons (Fsp3) is 0.107. The summed E-state index contributed by atoms with van der Waals surface area (Å²) < 4.78 is 10.3. The van der Waals surface area contributed by atoms with Gasteiger partial charge >= 0.3 is 11.9 Å². The Hall–Kier alpha value is -4.65. The van der Waals surface area contributed by atoms with Crippen molar-refractivity contribution in [1.29, 1.82) is 0 Å². The van der Waals surface area contributed by atoms with Gasteiger partial charge in [0.05, 0.1) is 12.7 Å². The molecule has 1 aliphatic heterocycles. The van der Waals surface area contributed by atoms with Crippen LogP contribution in [0.3, 0.4) is 0 Å². The average molecular weight is 469 g/mol. The second kappa shape index (κ2) is 10.5. The second-order valence-electron chi connectivity index (χ2n) is 7.79. The minimum atomic E-state index is -1.01. The Morgan fingerprint density at radius 3 is 2.09 bits per heavy atom. The molecule has 1 amide bonds. The van der Waals surface area contributed by atoms with E-state index in [4.69, 9.17) is 9.47 Å². The van der Waals surface area contributed by atoms with Crippen LogP contribution >= 0.6 is 0 Å². The fourth-order valence-corrected chi connectivity index (χ4v) is 3.82. The highest BCUT2D eigenvalue weighted by Crippen LogP contribution is 2.36. The maximum Gasteiger partial charge on any atom is 0.348 e. The van der Waals surface area contributed by atoms with E-state index in [1.54, 1.807) is 60.7 Å². The number of amides is 1. The van der Waals surface area contributed by atoms with E-state index in [1.165, 1.54) is 7.11 Å². The van der Waals surface area contributed by atoms with Crippen LogP contribution in [0, 0.1) is 0 Å². The van der Waals surface area contributed by atoms with Crippen molar-refractivity contribution in [3.05, 3.63) is 119 Å². The fourth-order valence-electron chi connectivity index (χ4n) is 3.82. The van der Waals surface area contributed by atoms with E-state index in [2.05, 4.69) is 5.32 Å². The number of cyclic esters (lactones) is 1. The van der Waals surface area contributed by atoms with Gasteiger partial charge in [0.15, 0.2) is 11.5 Å². The van der Waals surface area contributed by atoms with Crippen molar-refractivity contribution in [1.82, 2.24) is 5.32 Å². The lowest BCUT2D eigenvalue weighted by atomic mass is 9.99. The van der Waals surface area contributed by atoms with Crippen LogP contribution in [0.2, 0.25) is 0 Å². The smallest absolute Gasteiger partial charge is 0.348 e. The first kappa shape index (κ1) is 23.5. The molecule has 2 N–H and O–H groups in total. The Labute approximate surface area is 202 Å². The van der Waals surface area contributed by atoms with Gasteiger partial charge in [0, 0.05) is 6.42 Å². The molecule has 7 heteroatoms. The van der Waals surface area contributed by atoms with Crippen molar-refractivity contribution >= 4 is 29.0 Å². The van der Waals surface area contributed by atoms with Crippen molar-refractivity contribution in [2.45, 2.75) is 12.5 Å². The largest absolute Gasteiger partial charge is 0.504 e. The molecule has 0 saturated carbocycles. The van der Waals surface area contributed by atoms with Gasteiger partial charge in [-0.15, -0.1) is 0 Å². The Kier molecular flexibility index (Phi) is 7.07. The maximum absolute atomic E-state index is 13.5. The quantitative estimate of drug-likeness (QED) is 0.403. The van der Waals surface area contributed by atoms with E-state index in [9.17, 15) is 19.5 Å². The molecule has 1 aliphatic rings. The Morgan fingerprint density at radius 1 is 0.914 bits per heavy atom. The van der Waals surface area contributed by atoms with Gasteiger partial charge in [-0.05, 0) is 16.7 Å². The lowest BCUT2D eigenvalue weighted by Crippen LogP contribution is -2.43. The lowest BCUT2D eigenvalue weighted by Gasteiger charge is -2.19. The number of aliphatic hydroxyl groups is 1. The number of hydrogen-bond donors (Lipinski definition) is 2. The minimum Gasteiger partial charge on any atom is -0.504 e. The number of esters is 2. The van der Waals surface area contributed by atoms with Gasteiger partial charge in [0.1, 0.15) is 11.6 Å². The van der Waals surface area contributed by atoms with Crippen LogP contribution in [0.4, 0.5) is 0 Å². The molecule has 4 rings (SSSR count). The second-order valence-corrected chi connectivity index (χ2v) is 7.79. The summed E-state index contributed by atoms with van der Waals surface area (Å²) in [6.07, 6.45) is 0.188. The molecule has 176 valence electrons. The zero-order valence-corrected chi connectivity index (χ0v) is 18.9. The maximum atomic E-state index is 13.5. The molecule has 0 aliphatic carbocycles. The molecular weight excluding hydrogens is 446 g/mol. The van der Waals surface area contributed by atoms with Crippen LogP contribution in [0.5, 0.6) is 0 Å². The van der Waals surface area contributed by atoms with Crippen molar-refractivity contribution < 1.29 is 29.0 Å². The van der Waals surface area contributed by atoms with E-state index in [1.807, 2.05) is 30.3 Å². The van der Waals surface area contributed by atoms with Gasteiger partial charge < -0.3 is 19.9 Å². The van der Waals surface area contributed by atoms with Crippen molar-refractivity contribution in [2.24, 2.45) is 0 Å². The molecule has 0 saturated heterocycles. The normalized spacial score (nSPS) is 15.3. The zero-order valence-electron chi connectivity index (χ0n) is 18.9. The summed E-state index contributed by atoms with van der Waals surface area (Å²) in [4.78, 5) is 38.7. The van der Waals surface area contributed by atoms with Crippen LogP contribution in [-0.4, -0.2) is 36.1 Å². The number of ether oxygens (including phenoxy) is 2. The third-order valence-corrected chi connectivity index (χ3v) is 5.50. The number of rotatable bonds is 7. The minimum absolute atomic E-state index is 0.0457. The molecule has 1 heterocycles. The Morgan fingerprint density at radius 2 is 1.49 bits per heavy atom. The molecule has 1 unspecified atom stereocenters. The SMILES string of the molecule is COC(=O)C(Cc1ccccc1)NC(=O)/C(=C1/OC(=O)C(c2ccccc2)=C1O)c1ccccc1. The standard InChI is InChI=1S/C28H23NO6/c1-34-27(32)21(17-18-11-5-2-6-12-18)29-26(31)23(20-15-9-4-10-16-20)25-24(30)22(28(33)35-25)19-13-7-3-8-14-19/h2-16,21,30H,17H2,1H3,(H,29,31)/b25-23+. The number of nitrogens with one attached hydrogen (secondary N) is 1. The summed E-state index contributed by atoms with van der Waals surface area (Å²) in [7, 11) is 1.24. The molecule has 0 fully saturated rings. The van der Waals surface area contributed by atoms with Crippen LogP contribution < -0.4 is 5.32 Å². The topological polar surface area (TPSA) is 102 Å². The monoisotopic (exact) mass is 469 g/mol. The van der Waals surface area contributed by atoms with E-state index in [0.29, 0.717) is 11.1 Å². The van der Waals surface area contributed by atoms with Gasteiger partial charge in [-0.1, -0.05) is 91.0 Å². The lowest BCUT2D eigenvalue weighted by molar-refractivity contribution is -0.144. The van der Waals surface area contributed by atoms with E-state index < -0.39 is 29.6 Å². The van der Waals surface area contributed by atoms with Crippen LogP contribution in [0.1, 0.15) is 16.7 Å². The van der Waals surface area contributed by atoms with Gasteiger partial charge in [-0.2, -0.15) is 0 Å². The van der Waals surface area contributed by atoms with Gasteiger partial charge in [0.25, 0.3) is 5.91 Å². The number of hydrogen-bond acceptors (Lipinski definition) is 6. The van der Waals surface area contributed by atoms with Crippen LogP contribution in [0.15, 0.2) is 103 Å². The highest BCUT2D eigenvalue weighted by Gasteiger charge is 2.36. The van der Waals surface area contributed by atoms with Crippen LogP contribution in [0.25, 0.3) is 11.1 Å². The highest BCUT2D eigenvalue weighted by molar-refractivity contribution is 6.26. The van der Waals surface area contributed by atoms with Gasteiger partial charge in [-0.3, -0.25) is 4.79 Å². The molecule has 3 aromatic rings. The molecule has 0 bridgehead atoms. The number of aliphatic hydroxyl groups excluding tert-OH is 1. The van der Waals surface area contributed by atoms with Crippen molar-refractivity contribution in [2.75, 3.05) is 7.11 Å².